The second-order valence-electron chi connectivity index (χ2n) is 8.14. The van der Waals surface area contributed by atoms with E-state index >= 15 is 0 Å². The highest BCUT2D eigenvalue weighted by Gasteiger charge is 2.33. The summed E-state index contributed by atoms with van der Waals surface area (Å²) in [6.45, 7) is 7.25. The van der Waals surface area contributed by atoms with Crippen LogP contribution >= 0.6 is 11.8 Å². The van der Waals surface area contributed by atoms with Gasteiger partial charge in [-0.1, -0.05) is 12.1 Å². The van der Waals surface area contributed by atoms with E-state index in [4.69, 9.17) is 0 Å². The van der Waals surface area contributed by atoms with Crippen molar-refractivity contribution < 1.29 is 9.59 Å². The van der Waals surface area contributed by atoms with Gasteiger partial charge >= 0.3 is 0 Å². The molecule has 0 aliphatic carbocycles. The molecule has 1 aromatic carbocycles. The SMILES string of the molecule is O=C(NC[C@@H]1CN[C@H](C(=O)N2CCSC2)C1)c1cccc(CN2CCNCC2)c1. The summed E-state index contributed by atoms with van der Waals surface area (Å²) in [7, 11) is 0. The van der Waals surface area contributed by atoms with Gasteiger partial charge in [0.05, 0.1) is 11.9 Å². The minimum absolute atomic E-state index is 0.0297. The fourth-order valence-electron chi connectivity index (χ4n) is 4.24. The molecule has 29 heavy (non-hydrogen) atoms. The number of nitrogens with one attached hydrogen (secondary N) is 3. The van der Waals surface area contributed by atoms with E-state index in [0.29, 0.717) is 18.0 Å². The van der Waals surface area contributed by atoms with Crippen LogP contribution in [0, 0.1) is 5.92 Å². The molecule has 158 valence electrons. The molecule has 2 amide bonds. The predicted molar refractivity (Wildman–Crippen MR) is 116 cm³/mol. The molecule has 0 radical (unpaired) electrons. The van der Waals surface area contributed by atoms with Crippen molar-refractivity contribution in [3.8, 4) is 0 Å². The van der Waals surface area contributed by atoms with Gasteiger partial charge in [-0.25, -0.2) is 0 Å². The van der Waals surface area contributed by atoms with Crippen molar-refractivity contribution >= 4 is 23.6 Å². The maximum absolute atomic E-state index is 12.6. The first-order chi connectivity index (χ1) is 14.2. The van der Waals surface area contributed by atoms with Crippen LogP contribution in [0.1, 0.15) is 22.3 Å². The Kier molecular flexibility index (Phi) is 7.07. The van der Waals surface area contributed by atoms with Gasteiger partial charge < -0.3 is 20.9 Å². The summed E-state index contributed by atoms with van der Waals surface area (Å²) in [4.78, 5) is 29.5. The number of thioether (sulfide) groups is 1. The van der Waals surface area contributed by atoms with E-state index in [1.54, 1.807) is 0 Å². The van der Waals surface area contributed by atoms with E-state index in [0.717, 1.165) is 63.9 Å². The molecule has 3 N–H and O–H groups in total. The van der Waals surface area contributed by atoms with E-state index in [2.05, 4.69) is 26.9 Å². The van der Waals surface area contributed by atoms with Gasteiger partial charge in [0.2, 0.25) is 5.91 Å². The number of carbonyl (C=O) groups excluding carboxylic acids is 2. The highest BCUT2D eigenvalue weighted by atomic mass is 32.2. The van der Waals surface area contributed by atoms with Gasteiger partial charge in [-0.05, 0) is 30.0 Å². The average molecular weight is 418 g/mol. The van der Waals surface area contributed by atoms with Gasteiger partial charge in [0, 0.05) is 63.7 Å². The minimum atomic E-state index is -0.0991. The fraction of sp³-hybridized carbons (Fsp3) is 0.619. The number of rotatable bonds is 6. The largest absolute Gasteiger partial charge is 0.352 e. The third-order valence-electron chi connectivity index (χ3n) is 5.94. The molecule has 3 heterocycles. The van der Waals surface area contributed by atoms with E-state index in [9.17, 15) is 9.59 Å². The highest BCUT2D eigenvalue weighted by Crippen LogP contribution is 2.20. The molecule has 2 atom stereocenters. The number of benzene rings is 1. The first kappa shape index (κ1) is 20.7. The third kappa shape index (κ3) is 5.51. The van der Waals surface area contributed by atoms with E-state index in [1.807, 2.05) is 34.9 Å². The second-order valence-corrected chi connectivity index (χ2v) is 9.21. The molecular weight excluding hydrogens is 386 g/mol. The van der Waals surface area contributed by atoms with Crippen molar-refractivity contribution in [1.82, 2.24) is 25.8 Å². The van der Waals surface area contributed by atoms with Crippen molar-refractivity contribution in [2.45, 2.75) is 19.0 Å². The van der Waals surface area contributed by atoms with Crippen LogP contribution in [0.15, 0.2) is 24.3 Å². The lowest BCUT2D eigenvalue weighted by Gasteiger charge is -2.27. The zero-order chi connectivity index (χ0) is 20.1. The molecule has 1 aromatic rings. The molecule has 3 aliphatic heterocycles. The fourth-order valence-corrected chi connectivity index (χ4v) is 5.19. The molecule has 0 aromatic heterocycles. The van der Waals surface area contributed by atoms with Crippen molar-refractivity contribution in [2.24, 2.45) is 5.92 Å². The van der Waals surface area contributed by atoms with Crippen molar-refractivity contribution in [2.75, 3.05) is 57.4 Å². The summed E-state index contributed by atoms with van der Waals surface area (Å²) in [6, 6.07) is 7.83. The van der Waals surface area contributed by atoms with Crippen LogP contribution in [0.5, 0.6) is 0 Å². The zero-order valence-electron chi connectivity index (χ0n) is 16.9. The van der Waals surface area contributed by atoms with Crippen LogP contribution in [0.4, 0.5) is 0 Å². The number of piperazine rings is 1. The summed E-state index contributed by atoms with van der Waals surface area (Å²) in [5.74, 6) is 2.32. The van der Waals surface area contributed by atoms with E-state index in [1.165, 1.54) is 5.56 Å². The number of nitrogens with zero attached hydrogens (tertiary/aromatic N) is 2. The molecule has 0 saturated carbocycles. The molecule has 3 fully saturated rings. The Labute approximate surface area is 177 Å². The van der Waals surface area contributed by atoms with E-state index in [-0.39, 0.29) is 17.9 Å². The predicted octanol–water partition coefficient (Wildman–Crippen LogP) is 0.333. The Morgan fingerprint density at radius 3 is 2.86 bits per heavy atom. The molecule has 0 unspecified atom stereocenters. The topological polar surface area (TPSA) is 76.7 Å². The van der Waals surface area contributed by atoms with Crippen LogP contribution in [-0.4, -0.2) is 85.1 Å². The molecule has 0 bridgehead atoms. The molecule has 3 saturated heterocycles. The Bertz CT molecular complexity index is 719. The maximum Gasteiger partial charge on any atom is 0.251 e. The van der Waals surface area contributed by atoms with Crippen molar-refractivity contribution in [3.05, 3.63) is 35.4 Å². The molecule has 8 heteroatoms. The Balaban J connectivity index is 1.24. The van der Waals surface area contributed by atoms with Gasteiger partial charge in [0.25, 0.3) is 5.91 Å². The van der Waals surface area contributed by atoms with Crippen LogP contribution in [0.2, 0.25) is 0 Å². The minimum Gasteiger partial charge on any atom is -0.352 e. The van der Waals surface area contributed by atoms with Gasteiger partial charge in [-0.3, -0.25) is 14.5 Å². The standard InChI is InChI=1S/C21H31N5O2S/c27-20(18-3-1-2-16(10-18)14-25-6-4-22-5-7-25)24-13-17-11-19(23-12-17)21(28)26-8-9-29-15-26/h1-3,10,17,19,22-23H,4-9,11-15H2,(H,24,27)/t17-,19-/m0/s1. The van der Waals surface area contributed by atoms with Gasteiger partial charge in [0.15, 0.2) is 0 Å². The lowest BCUT2D eigenvalue weighted by molar-refractivity contribution is -0.131. The Morgan fingerprint density at radius 1 is 1.21 bits per heavy atom. The normalized spacial score (nSPS) is 25.3. The molecule has 0 spiro atoms. The summed E-state index contributed by atoms with van der Waals surface area (Å²) >= 11 is 1.81. The van der Waals surface area contributed by atoms with Gasteiger partial charge in [-0.15, -0.1) is 11.8 Å². The van der Waals surface area contributed by atoms with Crippen LogP contribution in [-0.2, 0) is 11.3 Å². The quantitative estimate of drug-likeness (QED) is 0.620. The monoisotopic (exact) mass is 417 g/mol. The number of amides is 2. The third-order valence-corrected chi connectivity index (χ3v) is 6.91. The lowest BCUT2D eigenvalue weighted by atomic mass is 10.0. The molecule has 4 rings (SSSR count). The summed E-state index contributed by atoms with van der Waals surface area (Å²) in [5.41, 5.74) is 1.89. The number of hydrogen-bond donors (Lipinski definition) is 3. The average Bonchev–Trinajstić information content (AvgIpc) is 3.45. The van der Waals surface area contributed by atoms with Crippen LogP contribution in [0.3, 0.4) is 0 Å². The lowest BCUT2D eigenvalue weighted by Crippen LogP contribution is -2.42. The summed E-state index contributed by atoms with van der Waals surface area (Å²) in [5, 5.41) is 9.77. The first-order valence-corrected chi connectivity index (χ1v) is 11.7. The first-order valence-electron chi connectivity index (χ1n) is 10.6. The van der Waals surface area contributed by atoms with E-state index < -0.39 is 0 Å². The van der Waals surface area contributed by atoms with Crippen LogP contribution in [0.25, 0.3) is 0 Å². The second kappa shape index (κ2) is 9.93. The molecular formula is C21H31N5O2S. The van der Waals surface area contributed by atoms with Crippen molar-refractivity contribution in [3.63, 3.8) is 0 Å². The van der Waals surface area contributed by atoms with Gasteiger partial charge in [-0.2, -0.15) is 0 Å². The number of carbonyl (C=O) groups is 2. The Hall–Kier alpha value is -1.61. The molecule has 3 aliphatic rings. The number of hydrogen-bond acceptors (Lipinski definition) is 6. The van der Waals surface area contributed by atoms with Gasteiger partial charge in [0.1, 0.15) is 0 Å². The highest BCUT2D eigenvalue weighted by molar-refractivity contribution is 7.99. The van der Waals surface area contributed by atoms with Crippen molar-refractivity contribution in [1.29, 1.82) is 0 Å². The maximum atomic E-state index is 12.6. The molecule has 7 nitrogen and oxygen atoms in total. The smallest absolute Gasteiger partial charge is 0.251 e. The Morgan fingerprint density at radius 2 is 2.07 bits per heavy atom. The summed E-state index contributed by atoms with van der Waals surface area (Å²) in [6.07, 6.45) is 0.795. The van der Waals surface area contributed by atoms with Crippen LogP contribution < -0.4 is 16.0 Å². The summed E-state index contributed by atoms with van der Waals surface area (Å²) < 4.78 is 0. The zero-order valence-corrected chi connectivity index (χ0v) is 17.7.